The lowest BCUT2D eigenvalue weighted by Gasteiger charge is -2.29. The number of nitriles is 1. The largest absolute Gasteiger partial charge is 0.457 e. The topological polar surface area (TPSA) is 92.7 Å². The smallest absolute Gasteiger partial charge is 0.134 e. The van der Waals surface area contributed by atoms with Gasteiger partial charge >= 0.3 is 0 Å². The van der Waals surface area contributed by atoms with Crippen molar-refractivity contribution in [2.75, 3.05) is 26.2 Å². The number of hydrogen-bond acceptors (Lipinski definition) is 7. The molecule has 0 spiro atoms. The Morgan fingerprint density at radius 3 is 2.76 bits per heavy atom. The molecule has 0 saturated carbocycles. The minimum Gasteiger partial charge on any atom is -0.457 e. The number of hydrogen-bond donors (Lipinski definition) is 3. The molecule has 0 bridgehead atoms. The number of furan rings is 1. The highest BCUT2D eigenvalue weighted by atomic mass is 32.2. The highest BCUT2D eigenvalue weighted by Crippen LogP contribution is 2.24. The summed E-state index contributed by atoms with van der Waals surface area (Å²) in [5.74, 6) is 1.26. The van der Waals surface area contributed by atoms with Gasteiger partial charge in [-0.1, -0.05) is 24.8 Å². The molecule has 1 unspecified atom stereocenters. The molecular formula is C26H31N3O3S. The first-order valence-corrected chi connectivity index (χ1v) is 12.0. The zero-order chi connectivity index (χ0) is 23.6. The molecule has 3 rings (SSSR count). The third-order valence-corrected chi connectivity index (χ3v) is 6.21. The Morgan fingerprint density at radius 2 is 2.09 bits per heavy atom. The Labute approximate surface area is 199 Å². The maximum Gasteiger partial charge on any atom is 0.134 e. The van der Waals surface area contributed by atoms with E-state index in [9.17, 15) is 10.4 Å². The van der Waals surface area contributed by atoms with Crippen LogP contribution in [0.1, 0.15) is 31.9 Å². The molecule has 1 aromatic heterocycles. The highest BCUT2D eigenvalue weighted by molar-refractivity contribution is 8.01. The summed E-state index contributed by atoms with van der Waals surface area (Å²) >= 11 is 1.08. The van der Waals surface area contributed by atoms with Gasteiger partial charge in [-0.2, -0.15) is 5.26 Å². The molecule has 1 aromatic carbocycles. The number of nitrogens with one attached hydrogen (secondary N) is 1. The lowest BCUT2D eigenvalue weighted by atomic mass is 10.1. The summed E-state index contributed by atoms with van der Waals surface area (Å²) < 4.78 is 8.79. The van der Waals surface area contributed by atoms with Gasteiger partial charge in [-0.05, 0) is 72.8 Å². The maximum absolute atomic E-state index is 9.37. The van der Waals surface area contributed by atoms with E-state index in [0.29, 0.717) is 16.4 Å². The lowest BCUT2D eigenvalue weighted by molar-refractivity contribution is 0.0994. The minimum atomic E-state index is -0.867. The molecular weight excluding hydrogens is 434 g/mol. The number of nitrogens with zero attached hydrogens (tertiary/aromatic N) is 2. The van der Waals surface area contributed by atoms with Crippen LogP contribution in [0.5, 0.6) is 0 Å². The third kappa shape index (κ3) is 7.11. The third-order valence-electron chi connectivity index (χ3n) is 5.47. The predicted octanol–water partition coefficient (Wildman–Crippen LogP) is 2.98. The quantitative estimate of drug-likeness (QED) is 0.387. The second-order valence-corrected chi connectivity index (χ2v) is 8.86. The van der Waals surface area contributed by atoms with Gasteiger partial charge in [-0.15, -0.1) is 0 Å². The average molecular weight is 466 g/mol. The van der Waals surface area contributed by atoms with E-state index in [4.69, 9.17) is 9.52 Å². The van der Waals surface area contributed by atoms with Crippen LogP contribution < -0.4 is 15.2 Å². The van der Waals surface area contributed by atoms with Crippen LogP contribution in [-0.2, 0) is 0 Å². The van der Waals surface area contributed by atoms with Gasteiger partial charge in [0.2, 0.25) is 0 Å². The lowest BCUT2D eigenvalue weighted by Crippen LogP contribution is -2.31. The Morgan fingerprint density at radius 1 is 1.30 bits per heavy atom. The van der Waals surface area contributed by atoms with Crippen LogP contribution in [0.25, 0.3) is 30.1 Å². The molecule has 1 aliphatic heterocycles. The van der Waals surface area contributed by atoms with E-state index in [2.05, 4.69) is 47.4 Å². The molecule has 2 aromatic rings. The fourth-order valence-corrected chi connectivity index (χ4v) is 4.30. The van der Waals surface area contributed by atoms with Crippen molar-refractivity contribution >= 4 is 30.7 Å². The van der Waals surface area contributed by atoms with E-state index in [1.165, 1.54) is 25.0 Å². The van der Waals surface area contributed by atoms with Crippen LogP contribution in [0.3, 0.4) is 0 Å². The first kappa shape index (κ1) is 24.9. The molecule has 7 heteroatoms. The second kappa shape index (κ2) is 12.5. The van der Waals surface area contributed by atoms with Crippen molar-refractivity contribution in [3.63, 3.8) is 0 Å². The number of aliphatic hydroxyl groups excluding tert-OH is 2. The summed E-state index contributed by atoms with van der Waals surface area (Å²) in [6, 6.07) is 11.9. The van der Waals surface area contributed by atoms with E-state index in [-0.39, 0.29) is 13.2 Å². The molecule has 1 saturated heterocycles. The van der Waals surface area contributed by atoms with Crippen molar-refractivity contribution in [3.8, 4) is 17.4 Å². The maximum atomic E-state index is 9.37. The van der Waals surface area contributed by atoms with Crippen LogP contribution in [0.15, 0.2) is 51.4 Å². The molecule has 6 nitrogen and oxygen atoms in total. The van der Waals surface area contributed by atoms with Gasteiger partial charge in [0, 0.05) is 37.0 Å². The van der Waals surface area contributed by atoms with Gasteiger partial charge in [0.25, 0.3) is 0 Å². The zero-order valence-electron chi connectivity index (χ0n) is 19.0. The van der Waals surface area contributed by atoms with Crippen LogP contribution in [0.4, 0.5) is 0 Å². The summed E-state index contributed by atoms with van der Waals surface area (Å²) in [7, 11) is 0. The second-order valence-electron chi connectivity index (χ2n) is 7.93. The molecule has 174 valence electrons. The normalized spacial score (nSPS) is 16.7. The molecule has 1 atom stereocenters. The molecule has 1 aliphatic rings. The molecule has 2 heterocycles. The molecule has 0 aliphatic carbocycles. The fraction of sp³-hybridized carbons (Fsp3) is 0.346. The van der Waals surface area contributed by atoms with Crippen molar-refractivity contribution in [3.05, 3.63) is 63.2 Å². The molecule has 0 radical (unpaired) electrons. The highest BCUT2D eigenvalue weighted by Gasteiger charge is 2.11. The van der Waals surface area contributed by atoms with E-state index in [0.717, 1.165) is 41.0 Å². The van der Waals surface area contributed by atoms with Crippen LogP contribution in [0.2, 0.25) is 0 Å². The summed E-state index contributed by atoms with van der Waals surface area (Å²) in [5.41, 5.74) is 2.16. The van der Waals surface area contributed by atoms with Gasteiger partial charge < -0.3 is 19.5 Å². The zero-order valence-corrected chi connectivity index (χ0v) is 19.8. The van der Waals surface area contributed by atoms with Crippen LogP contribution in [0, 0.1) is 11.3 Å². The number of rotatable bonds is 9. The molecule has 33 heavy (non-hydrogen) atoms. The monoisotopic (exact) mass is 465 g/mol. The predicted molar refractivity (Wildman–Crippen MR) is 135 cm³/mol. The summed E-state index contributed by atoms with van der Waals surface area (Å²) in [6.07, 6.45) is 8.91. The van der Waals surface area contributed by atoms with Crippen LogP contribution >= 0.6 is 11.9 Å². The van der Waals surface area contributed by atoms with Gasteiger partial charge in [0.15, 0.2) is 0 Å². The van der Waals surface area contributed by atoms with Crippen molar-refractivity contribution in [1.82, 2.24) is 9.62 Å². The van der Waals surface area contributed by atoms with Crippen LogP contribution in [-0.4, -0.2) is 47.5 Å². The van der Waals surface area contributed by atoms with E-state index in [1.807, 2.05) is 24.3 Å². The standard InChI is InChI=1S/C26H31N3O3S/c1-3-22(29-11-5-4-6-12-29)14-20-7-8-21(13-19(20)2)26-10-9-24(32-26)15-25(16-27)33-28-17-23(31)18-30/h3,7-10,13-15,23,28,30-31H,2,4-6,11-12,17-18H2,1H3/b20-14-,22-3+,25-15+. The Kier molecular flexibility index (Phi) is 9.40. The number of aliphatic hydroxyl groups is 2. The van der Waals surface area contributed by atoms with E-state index >= 15 is 0 Å². The summed E-state index contributed by atoms with van der Waals surface area (Å²) in [6.45, 7) is 8.36. The van der Waals surface area contributed by atoms with E-state index in [1.54, 1.807) is 6.08 Å². The van der Waals surface area contributed by atoms with Crippen molar-refractivity contribution in [2.24, 2.45) is 0 Å². The molecule has 0 amide bonds. The number of likely N-dealkylation sites (tertiary alicyclic amines) is 1. The fourth-order valence-electron chi connectivity index (χ4n) is 3.65. The number of allylic oxidation sites excluding steroid dienone is 3. The minimum absolute atomic E-state index is 0.173. The number of piperidine rings is 1. The van der Waals surface area contributed by atoms with Crippen molar-refractivity contribution < 1.29 is 14.6 Å². The van der Waals surface area contributed by atoms with Gasteiger partial charge in [-0.3, -0.25) is 4.72 Å². The Hall–Kier alpha value is -2.76. The van der Waals surface area contributed by atoms with Crippen molar-refractivity contribution in [2.45, 2.75) is 32.3 Å². The van der Waals surface area contributed by atoms with E-state index < -0.39 is 6.10 Å². The average Bonchev–Trinajstić information content (AvgIpc) is 3.31. The molecule has 3 N–H and O–H groups in total. The first-order chi connectivity index (χ1) is 16.0. The SMILES string of the molecule is C=c1cc(-c2ccc(/C=C(\C#N)SNCC(O)CO)o2)cc/c1=C/C(=C\C)N1CCCCC1. The van der Waals surface area contributed by atoms with Gasteiger partial charge in [0.1, 0.15) is 22.5 Å². The van der Waals surface area contributed by atoms with Crippen molar-refractivity contribution in [1.29, 1.82) is 5.26 Å². The van der Waals surface area contributed by atoms with Gasteiger partial charge in [-0.25, -0.2) is 0 Å². The summed E-state index contributed by atoms with van der Waals surface area (Å²) in [5, 5.41) is 29.6. The summed E-state index contributed by atoms with van der Waals surface area (Å²) in [4.78, 5) is 2.83. The molecule has 1 fully saturated rings. The first-order valence-electron chi connectivity index (χ1n) is 11.2. The Balaban J connectivity index is 1.74. The van der Waals surface area contributed by atoms with Gasteiger partial charge in [0.05, 0.1) is 12.7 Å². The Bertz CT molecular complexity index is 1140. The number of benzene rings is 1.